The highest BCUT2D eigenvalue weighted by Crippen LogP contribution is 2.28. The topological polar surface area (TPSA) is 67.4 Å². The van der Waals surface area contributed by atoms with Gasteiger partial charge < -0.3 is 10.1 Å². The lowest BCUT2D eigenvalue weighted by Gasteiger charge is -2.25. The number of piperidine rings is 1. The quantitative estimate of drug-likeness (QED) is 0.877. The minimum atomic E-state index is -0.352. The zero-order valence-corrected chi connectivity index (χ0v) is 13.7. The molecule has 7 heteroatoms. The number of imide groups is 1. The van der Waals surface area contributed by atoms with Gasteiger partial charge in [-0.1, -0.05) is 30.0 Å². The molecule has 2 aliphatic rings. The third-order valence-corrected chi connectivity index (χ3v) is 4.71. The number of amides is 2. The summed E-state index contributed by atoms with van der Waals surface area (Å²) in [6, 6.07) is 7.78. The third-order valence-electron chi connectivity index (χ3n) is 3.72. The van der Waals surface area contributed by atoms with E-state index in [1.165, 1.54) is 0 Å². The second kappa shape index (κ2) is 7.85. The number of rotatable bonds is 4. The molecule has 0 spiro atoms. The summed E-state index contributed by atoms with van der Waals surface area (Å²) in [7, 11) is 0. The average Bonchev–Trinajstić information content (AvgIpc) is 2.80. The van der Waals surface area contributed by atoms with E-state index in [2.05, 4.69) is 10.6 Å². The van der Waals surface area contributed by atoms with Crippen LogP contribution >= 0.6 is 24.2 Å². The van der Waals surface area contributed by atoms with Gasteiger partial charge in [0.1, 0.15) is 11.9 Å². The van der Waals surface area contributed by atoms with Gasteiger partial charge in [0.15, 0.2) is 0 Å². The van der Waals surface area contributed by atoms with Crippen molar-refractivity contribution in [2.24, 2.45) is 0 Å². The van der Waals surface area contributed by atoms with Crippen LogP contribution in [-0.2, 0) is 11.2 Å². The SMILES string of the molecule is Cl.O=C1NC(=O)C(Cc2ccccc2OC2CCNCC2)S1. The Morgan fingerprint density at radius 2 is 1.91 bits per heavy atom. The maximum Gasteiger partial charge on any atom is 0.286 e. The summed E-state index contributed by atoms with van der Waals surface area (Å²) in [6.45, 7) is 1.95. The molecular formula is C15H19ClN2O3S. The number of hydrogen-bond acceptors (Lipinski definition) is 5. The number of halogens is 1. The van der Waals surface area contributed by atoms with Crippen molar-refractivity contribution in [2.45, 2.75) is 30.6 Å². The highest BCUT2D eigenvalue weighted by molar-refractivity contribution is 8.15. The fourth-order valence-electron chi connectivity index (χ4n) is 2.61. The number of ether oxygens (including phenoxy) is 1. The Kier molecular flexibility index (Phi) is 6.11. The largest absolute Gasteiger partial charge is 0.490 e. The van der Waals surface area contributed by atoms with Crippen molar-refractivity contribution >= 4 is 35.3 Å². The zero-order chi connectivity index (χ0) is 14.7. The molecular weight excluding hydrogens is 324 g/mol. The van der Waals surface area contributed by atoms with Crippen LogP contribution in [-0.4, -0.2) is 35.6 Å². The van der Waals surface area contributed by atoms with E-state index >= 15 is 0 Å². The standard InChI is InChI=1S/C15H18N2O3S.ClH/c18-14-13(21-15(19)17-14)9-10-3-1-2-4-12(10)20-11-5-7-16-8-6-11;/h1-4,11,13,16H,5-9H2,(H,17,18,19);1H. The van der Waals surface area contributed by atoms with Crippen LogP contribution in [0.25, 0.3) is 0 Å². The molecule has 3 rings (SSSR count). The highest BCUT2D eigenvalue weighted by Gasteiger charge is 2.32. The van der Waals surface area contributed by atoms with Gasteiger partial charge in [0.2, 0.25) is 5.91 Å². The smallest absolute Gasteiger partial charge is 0.286 e. The molecule has 0 aromatic heterocycles. The van der Waals surface area contributed by atoms with E-state index in [0.717, 1.165) is 49.0 Å². The number of carbonyl (C=O) groups excluding carboxylic acids is 2. The van der Waals surface area contributed by atoms with Gasteiger partial charge in [-0.3, -0.25) is 14.9 Å². The fourth-order valence-corrected chi connectivity index (χ4v) is 3.45. The molecule has 2 fully saturated rings. The van der Waals surface area contributed by atoms with Crippen LogP contribution in [0.5, 0.6) is 5.75 Å². The Labute approximate surface area is 140 Å². The Morgan fingerprint density at radius 1 is 1.18 bits per heavy atom. The first kappa shape index (κ1) is 17.1. The Balaban J connectivity index is 0.00000176. The van der Waals surface area contributed by atoms with Crippen molar-refractivity contribution in [3.63, 3.8) is 0 Å². The highest BCUT2D eigenvalue weighted by atomic mass is 35.5. The number of benzene rings is 1. The molecule has 120 valence electrons. The molecule has 1 aromatic carbocycles. The van der Waals surface area contributed by atoms with E-state index in [9.17, 15) is 9.59 Å². The van der Waals surface area contributed by atoms with Gasteiger partial charge in [0, 0.05) is 0 Å². The number of hydrogen-bond donors (Lipinski definition) is 2. The lowest BCUT2D eigenvalue weighted by molar-refractivity contribution is -0.118. The fraction of sp³-hybridized carbons (Fsp3) is 0.467. The molecule has 2 amide bonds. The Hall–Kier alpha value is -1.24. The van der Waals surface area contributed by atoms with Crippen molar-refractivity contribution in [3.05, 3.63) is 29.8 Å². The monoisotopic (exact) mass is 342 g/mol. The second-order valence-electron chi connectivity index (χ2n) is 5.26. The van der Waals surface area contributed by atoms with Crippen LogP contribution in [0.15, 0.2) is 24.3 Å². The molecule has 0 bridgehead atoms. The Bertz CT molecular complexity index is 549. The average molecular weight is 343 g/mol. The molecule has 22 heavy (non-hydrogen) atoms. The second-order valence-corrected chi connectivity index (χ2v) is 6.44. The predicted octanol–water partition coefficient (Wildman–Crippen LogP) is 2.13. The van der Waals surface area contributed by atoms with Gasteiger partial charge >= 0.3 is 0 Å². The van der Waals surface area contributed by atoms with Crippen LogP contribution in [0.2, 0.25) is 0 Å². The zero-order valence-electron chi connectivity index (χ0n) is 12.0. The number of thioether (sulfide) groups is 1. The number of para-hydroxylation sites is 1. The molecule has 2 N–H and O–H groups in total. The predicted molar refractivity (Wildman–Crippen MR) is 88.8 cm³/mol. The molecule has 2 aliphatic heterocycles. The van der Waals surface area contributed by atoms with Crippen molar-refractivity contribution in [3.8, 4) is 5.75 Å². The normalized spacial score (nSPS) is 22.1. The lowest BCUT2D eigenvalue weighted by atomic mass is 10.1. The van der Waals surface area contributed by atoms with Gasteiger partial charge in [-0.15, -0.1) is 12.4 Å². The van der Waals surface area contributed by atoms with Crippen molar-refractivity contribution in [2.75, 3.05) is 13.1 Å². The van der Waals surface area contributed by atoms with Gasteiger partial charge in [0.25, 0.3) is 5.24 Å². The van der Waals surface area contributed by atoms with E-state index < -0.39 is 0 Å². The van der Waals surface area contributed by atoms with Gasteiger partial charge in [-0.05, 0) is 44.0 Å². The molecule has 2 saturated heterocycles. The van der Waals surface area contributed by atoms with E-state index in [-0.39, 0.29) is 34.9 Å². The summed E-state index contributed by atoms with van der Waals surface area (Å²) < 4.78 is 6.09. The third kappa shape index (κ3) is 4.15. The summed E-state index contributed by atoms with van der Waals surface area (Å²) in [6.07, 6.45) is 2.72. The van der Waals surface area contributed by atoms with Crippen LogP contribution in [0.3, 0.4) is 0 Å². The van der Waals surface area contributed by atoms with E-state index in [0.29, 0.717) is 6.42 Å². The van der Waals surface area contributed by atoms with Crippen molar-refractivity contribution in [1.29, 1.82) is 0 Å². The maximum atomic E-state index is 11.7. The molecule has 1 aromatic rings. The molecule has 0 radical (unpaired) electrons. The first-order valence-corrected chi connectivity index (χ1v) is 8.07. The van der Waals surface area contributed by atoms with Crippen molar-refractivity contribution in [1.82, 2.24) is 10.6 Å². The van der Waals surface area contributed by atoms with E-state index in [1.807, 2.05) is 24.3 Å². The molecule has 1 unspecified atom stereocenters. The molecule has 5 nitrogen and oxygen atoms in total. The van der Waals surface area contributed by atoms with E-state index in [4.69, 9.17) is 4.74 Å². The summed E-state index contributed by atoms with van der Waals surface area (Å²) in [5, 5.41) is 5.02. The molecule has 0 saturated carbocycles. The lowest BCUT2D eigenvalue weighted by Crippen LogP contribution is -2.34. The van der Waals surface area contributed by atoms with Gasteiger partial charge in [-0.2, -0.15) is 0 Å². The minimum absolute atomic E-state index is 0. The molecule has 0 aliphatic carbocycles. The van der Waals surface area contributed by atoms with Gasteiger partial charge in [-0.25, -0.2) is 0 Å². The van der Waals surface area contributed by atoms with Crippen LogP contribution in [0.1, 0.15) is 18.4 Å². The Morgan fingerprint density at radius 3 is 2.59 bits per heavy atom. The first-order valence-electron chi connectivity index (χ1n) is 7.19. The van der Waals surface area contributed by atoms with Crippen LogP contribution < -0.4 is 15.4 Å². The number of carbonyl (C=O) groups is 2. The maximum absolute atomic E-state index is 11.7. The van der Waals surface area contributed by atoms with Gasteiger partial charge in [0.05, 0.1) is 5.25 Å². The number of nitrogens with one attached hydrogen (secondary N) is 2. The van der Waals surface area contributed by atoms with Crippen LogP contribution in [0, 0.1) is 0 Å². The summed E-state index contributed by atoms with van der Waals surface area (Å²) >= 11 is 1.06. The van der Waals surface area contributed by atoms with E-state index in [1.54, 1.807) is 0 Å². The van der Waals surface area contributed by atoms with Crippen LogP contribution in [0.4, 0.5) is 4.79 Å². The molecule has 2 heterocycles. The summed E-state index contributed by atoms with van der Waals surface area (Å²) in [5.74, 6) is 0.624. The first-order chi connectivity index (χ1) is 10.2. The summed E-state index contributed by atoms with van der Waals surface area (Å²) in [5.41, 5.74) is 0.985. The minimum Gasteiger partial charge on any atom is -0.490 e. The molecule has 1 atom stereocenters. The summed E-state index contributed by atoms with van der Waals surface area (Å²) in [4.78, 5) is 22.9. The van der Waals surface area contributed by atoms with Crippen molar-refractivity contribution < 1.29 is 14.3 Å².